The van der Waals surface area contributed by atoms with Gasteiger partial charge in [0.2, 0.25) is 0 Å². The quantitative estimate of drug-likeness (QED) is 0.894. The third-order valence-electron chi connectivity index (χ3n) is 3.44. The molecule has 1 unspecified atom stereocenters. The Bertz CT molecular complexity index is 444. The highest BCUT2D eigenvalue weighted by Crippen LogP contribution is 2.29. The molecule has 0 radical (unpaired) electrons. The summed E-state index contributed by atoms with van der Waals surface area (Å²) in [7, 11) is 2.02. The van der Waals surface area contributed by atoms with Crippen molar-refractivity contribution in [2.75, 3.05) is 25.0 Å². The predicted molar refractivity (Wildman–Crippen MR) is 77.0 cm³/mol. The van der Waals surface area contributed by atoms with Crippen molar-refractivity contribution in [3.05, 3.63) is 28.2 Å². The lowest BCUT2D eigenvalue weighted by Gasteiger charge is -2.34. The Morgan fingerprint density at radius 3 is 2.94 bits per heavy atom. The standard InChI is InChI=1S/C13H18BrN3O/c1-17(9-4-3-7-16-8-9)11-6-2-5-10(14)12(11)13(15)18/h2,5-6,9,16H,3-4,7-8H2,1H3,(H2,15,18). The fraction of sp³-hybridized carbons (Fsp3) is 0.462. The number of piperidine rings is 1. The monoisotopic (exact) mass is 311 g/mol. The molecule has 1 aromatic carbocycles. The van der Waals surface area contributed by atoms with Gasteiger partial charge in [-0.1, -0.05) is 6.07 Å². The van der Waals surface area contributed by atoms with Crippen LogP contribution in [0.4, 0.5) is 5.69 Å². The molecule has 5 heteroatoms. The van der Waals surface area contributed by atoms with Crippen LogP contribution in [0.5, 0.6) is 0 Å². The Balaban J connectivity index is 2.31. The SMILES string of the molecule is CN(c1cccc(Br)c1C(N)=O)C1CCCNC1. The molecule has 1 amide bonds. The molecule has 98 valence electrons. The Hall–Kier alpha value is -1.07. The number of benzene rings is 1. The number of amides is 1. The van der Waals surface area contributed by atoms with Crippen molar-refractivity contribution in [1.29, 1.82) is 0 Å². The molecule has 18 heavy (non-hydrogen) atoms. The van der Waals surface area contributed by atoms with Gasteiger partial charge in [-0.2, -0.15) is 0 Å². The van der Waals surface area contributed by atoms with Crippen molar-refractivity contribution >= 4 is 27.5 Å². The van der Waals surface area contributed by atoms with Crippen LogP contribution in [0.15, 0.2) is 22.7 Å². The van der Waals surface area contributed by atoms with E-state index >= 15 is 0 Å². The number of carbonyl (C=O) groups is 1. The van der Waals surface area contributed by atoms with Crippen LogP contribution >= 0.6 is 15.9 Å². The van der Waals surface area contributed by atoms with Crippen molar-refractivity contribution in [3.63, 3.8) is 0 Å². The summed E-state index contributed by atoms with van der Waals surface area (Å²) < 4.78 is 0.753. The topological polar surface area (TPSA) is 58.4 Å². The van der Waals surface area contributed by atoms with E-state index in [0.29, 0.717) is 11.6 Å². The van der Waals surface area contributed by atoms with Crippen LogP contribution in [0.1, 0.15) is 23.2 Å². The Kier molecular flexibility index (Phi) is 4.24. The molecule has 1 aromatic rings. The van der Waals surface area contributed by atoms with Gasteiger partial charge in [0.05, 0.1) is 11.3 Å². The molecule has 0 aliphatic carbocycles. The molecule has 0 aromatic heterocycles. The Labute approximate surface area is 116 Å². The number of likely N-dealkylation sites (N-methyl/N-ethyl adjacent to an activating group) is 1. The van der Waals surface area contributed by atoms with E-state index in [1.54, 1.807) is 0 Å². The smallest absolute Gasteiger partial charge is 0.251 e. The van der Waals surface area contributed by atoms with Gasteiger partial charge in [-0.15, -0.1) is 0 Å². The molecule has 1 heterocycles. The fourth-order valence-corrected chi connectivity index (χ4v) is 2.96. The van der Waals surface area contributed by atoms with Crippen molar-refractivity contribution < 1.29 is 4.79 Å². The molecule has 0 spiro atoms. The first-order valence-corrected chi connectivity index (χ1v) is 6.92. The molecule has 1 aliphatic heterocycles. The van der Waals surface area contributed by atoms with Crippen LogP contribution in [0.2, 0.25) is 0 Å². The molecule has 0 bridgehead atoms. The second kappa shape index (κ2) is 5.71. The molecular weight excluding hydrogens is 294 g/mol. The van der Waals surface area contributed by atoms with E-state index in [1.807, 2.05) is 25.2 Å². The number of nitrogens with zero attached hydrogens (tertiary/aromatic N) is 1. The summed E-state index contributed by atoms with van der Waals surface area (Å²) in [6, 6.07) is 6.13. The van der Waals surface area contributed by atoms with Gasteiger partial charge in [0.15, 0.2) is 0 Å². The first-order valence-electron chi connectivity index (χ1n) is 6.13. The van der Waals surface area contributed by atoms with Gasteiger partial charge in [0, 0.05) is 24.1 Å². The second-order valence-electron chi connectivity index (χ2n) is 4.61. The molecule has 1 fully saturated rings. The van der Waals surface area contributed by atoms with Crippen LogP contribution in [0.3, 0.4) is 0 Å². The first-order chi connectivity index (χ1) is 8.61. The maximum absolute atomic E-state index is 11.6. The van der Waals surface area contributed by atoms with Gasteiger partial charge in [0.1, 0.15) is 0 Å². The molecule has 1 saturated heterocycles. The molecular formula is C13H18BrN3O. The number of rotatable bonds is 3. The van der Waals surface area contributed by atoms with Crippen molar-refractivity contribution in [1.82, 2.24) is 5.32 Å². The van der Waals surface area contributed by atoms with Gasteiger partial charge < -0.3 is 16.0 Å². The predicted octanol–water partition coefficient (Wildman–Crippen LogP) is 1.74. The van der Waals surface area contributed by atoms with Crippen LogP contribution in [-0.4, -0.2) is 32.1 Å². The number of nitrogens with two attached hydrogens (primary N) is 1. The van der Waals surface area contributed by atoms with Crippen LogP contribution in [0.25, 0.3) is 0 Å². The van der Waals surface area contributed by atoms with Gasteiger partial charge in [0.25, 0.3) is 5.91 Å². The summed E-state index contributed by atoms with van der Waals surface area (Å²) in [5.41, 5.74) is 6.93. The lowest BCUT2D eigenvalue weighted by atomic mass is 10.0. The highest BCUT2D eigenvalue weighted by Gasteiger charge is 2.22. The van der Waals surface area contributed by atoms with Gasteiger partial charge >= 0.3 is 0 Å². The zero-order valence-electron chi connectivity index (χ0n) is 10.4. The number of primary amides is 1. The van der Waals surface area contributed by atoms with E-state index in [0.717, 1.165) is 36.1 Å². The molecule has 2 rings (SSSR count). The van der Waals surface area contributed by atoms with E-state index < -0.39 is 5.91 Å². The van der Waals surface area contributed by atoms with Gasteiger partial charge in [-0.3, -0.25) is 4.79 Å². The van der Waals surface area contributed by atoms with Crippen molar-refractivity contribution in [2.45, 2.75) is 18.9 Å². The average Bonchev–Trinajstić information content (AvgIpc) is 2.38. The minimum absolute atomic E-state index is 0.395. The van der Waals surface area contributed by atoms with Crippen LogP contribution in [-0.2, 0) is 0 Å². The van der Waals surface area contributed by atoms with Crippen molar-refractivity contribution in [2.24, 2.45) is 5.73 Å². The normalized spacial score (nSPS) is 19.6. The maximum Gasteiger partial charge on any atom is 0.251 e. The van der Waals surface area contributed by atoms with E-state index in [2.05, 4.69) is 26.1 Å². The fourth-order valence-electron chi connectivity index (χ4n) is 2.41. The third-order valence-corrected chi connectivity index (χ3v) is 4.10. The van der Waals surface area contributed by atoms with Crippen LogP contribution in [0, 0.1) is 0 Å². The Morgan fingerprint density at radius 1 is 1.56 bits per heavy atom. The maximum atomic E-state index is 11.6. The van der Waals surface area contributed by atoms with Crippen LogP contribution < -0.4 is 16.0 Å². The summed E-state index contributed by atoms with van der Waals surface area (Å²) in [4.78, 5) is 13.7. The van der Waals surface area contributed by atoms with E-state index in [4.69, 9.17) is 5.73 Å². The zero-order valence-corrected chi connectivity index (χ0v) is 12.0. The average molecular weight is 312 g/mol. The third kappa shape index (κ3) is 2.67. The van der Waals surface area contributed by atoms with Gasteiger partial charge in [-0.25, -0.2) is 0 Å². The Morgan fingerprint density at radius 2 is 2.33 bits per heavy atom. The molecule has 1 aliphatic rings. The number of carbonyl (C=O) groups excluding carboxylic acids is 1. The lowest BCUT2D eigenvalue weighted by Crippen LogP contribution is -2.44. The number of anilines is 1. The second-order valence-corrected chi connectivity index (χ2v) is 5.46. The van der Waals surface area contributed by atoms with E-state index in [9.17, 15) is 4.79 Å². The number of hydrogen-bond donors (Lipinski definition) is 2. The number of halogens is 1. The molecule has 0 saturated carbocycles. The molecule has 1 atom stereocenters. The van der Waals surface area contributed by atoms with E-state index in [1.165, 1.54) is 0 Å². The highest BCUT2D eigenvalue weighted by atomic mass is 79.9. The largest absolute Gasteiger partial charge is 0.370 e. The van der Waals surface area contributed by atoms with E-state index in [-0.39, 0.29) is 0 Å². The summed E-state index contributed by atoms with van der Waals surface area (Å²) in [5.74, 6) is -0.395. The summed E-state index contributed by atoms with van der Waals surface area (Å²) in [5, 5.41) is 3.38. The minimum Gasteiger partial charge on any atom is -0.370 e. The summed E-state index contributed by atoms with van der Waals surface area (Å²) in [6.45, 7) is 2.02. The zero-order chi connectivity index (χ0) is 13.1. The first kappa shape index (κ1) is 13.4. The highest BCUT2D eigenvalue weighted by molar-refractivity contribution is 9.10. The summed E-state index contributed by atoms with van der Waals surface area (Å²) in [6.07, 6.45) is 2.29. The summed E-state index contributed by atoms with van der Waals surface area (Å²) >= 11 is 3.40. The molecule has 4 nitrogen and oxygen atoms in total. The minimum atomic E-state index is -0.395. The number of hydrogen-bond acceptors (Lipinski definition) is 3. The molecule has 3 N–H and O–H groups in total. The van der Waals surface area contributed by atoms with Crippen molar-refractivity contribution in [3.8, 4) is 0 Å². The van der Waals surface area contributed by atoms with Gasteiger partial charge in [-0.05, 0) is 47.4 Å². The number of nitrogens with one attached hydrogen (secondary N) is 1. The lowest BCUT2D eigenvalue weighted by molar-refractivity contribution is 0.1000.